The highest BCUT2D eigenvalue weighted by Crippen LogP contribution is 2.30. The Kier molecular flexibility index (Phi) is 2.89. The molecule has 13 heavy (non-hydrogen) atoms. The Morgan fingerprint density at radius 3 is 2.54 bits per heavy atom. The van der Waals surface area contributed by atoms with Gasteiger partial charge in [-0.3, -0.25) is 0 Å². The topological polar surface area (TPSA) is 15.3 Å². The van der Waals surface area contributed by atoms with Gasteiger partial charge in [-0.2, -0.15) is 0 Å². The molecule has 0 aromatic rings. The maximum Gasteiger partial charge on any atom is 0.0206 e. The smallest absolute Gasteiger partial charge is 0.0206 e. The van der Waals surface area contributed by atoms with Crippen LogP contribution in [0.25, 0.3) is 0 Å². The minimum atomic E-state index is 0.560. The third-order valence-corrected chi connectivity index (χ3v) is 3.69. The molecular formula is C11H22N2. The van der Waals surface area contributed by atoms with E-state index in [1.54, 1.807) is 0 Å². The lowest BCUT2D eigenvalue weighted by Crippen LogP contribution is -2.50. The SMILES string of the molecule is CCCN1CCC2(CCCN2)CC1. The summed E-state index contributed by atoms with van der Waals surface area (Å²) in [5.74, 6) is 0. The van der Waals surface area contributed by atoms with Crippen LogP contribution in [-0.4, -0.2) is 36.6 Å². The Morgan fingerprint density at radius 1 is 1.23 bits per heavy atom. The number of hydrogen-bond acceptors (Lipinski definition) is 2. The summed E-state index contributed by atoms with van der Waals surface area (Å²) in [7, 11) is 0. The molecule has 1 N–H and O–H groups in total. The zero-order chi connectivity index (χ0) is 9.15. The van der Waals surface area contributed by atoms with Crippen LogP contribution in [0.3, 0.4) is 0 Å². The first-order valence-corrected chi connectivity index (χ1v) is 5.82. The standard InChI is InChI=1S/C11H22N2/c1-2-8-13-9-5-11(6-10-13)4-3-7-12-11/h12H,2-10H2,1H3. The summed E-state index contributed by atoms with van der Waals surface area (Å²) >= 11 is 0. The monoisotopic (exact) mass is 182 g/mol. The van der Waals surface area contributed by atoms with Crippen LogP contribution in [0.4, 0.5) is 0 Å². The van der Waals surface area contributed by atoms with Gasteiger partial charge in [0.2, 0.25) is 0 Å². The van der Waals surface area contributed by atoms with Gasteiger partial charge in [0.25, 0.3) is 0 Å². The lowest BCUT2D eigenvalue weighted by Gasteiger charge is -2.39. The zero-order valence-corrected chi connectivity index (χ0v) is 8.81. The molecule has 2 rings (SSSR count). The lowest BCUT2D eigenvalue weighted by atomic mass is 9.86. The van der Waals surface area contributed by atoms with E-state index in [1.165, 1.54) is 58.3 Å². The Balaban J connectivity index is 1.81. The quantitative estimate of drug-likeness (QED) is 0.698. The van der Waals surface area contributed by atoms with Gasteiger partial charge in [0, 0.05) is 5.54 Å². The Morgan fingerprint density at radius 2 is 2.00 bits per heavy atom. The maximum atomic E-state index is 3.71. The van der Waals surface area contributed by atoms with Crippen molar-refractivity contribution in [3.8, 4) is 0 Å². The van der Waals surface area contributed by atoms with Crippen molar-refractivity contribution in [2.75, 3.05) is 26.2 Å². The van der Waals surface area contributed by atoms with Gasteiger partial charge in [0.05, 0.1) is 0 Å². The number of hydrogen-bond donors (Lipinski definition) is 1. The van der Waals surface area contributed by atoms with Crippen molar-refractivity contribution in [2.24, 2.45) is 0 Å². The summed E-state index contributed by atoms with van der Waals surface area (Å²) in [5.41, 5.74) is 0.560. The first-order valence-electron chi connectivity index (χ1n) is 5.82. The van der Waals surface area contributed by atoms with Crippen molar-refractivity contribution >= 4 is 0 Å². The maximum absolute atomic E-state index is 3.71. The molecule has 0 radical (unpaired) electrons. The van der Waals surface area contributed by atoms with E-state index < -0.39 is 0 Å². The molecule has 2 aliphatic rings. The van der Waals surface area contributed by atoms with Crippen molar-refractivity contribution < 1.29 is 0 Å². The van der Waals surface area contributed by atoms with Gasteiger partial charge in [-0.25, -0.2) is 0 Å². The van der Waals surface area contributed by atoms with Gasteiger partial charge >= 0.3 is 0 Å². The van der Waals surface area contributed by atoms with E-state index in [0.717, 1.165) is 0 Å². The first-order chi connectivity index (χ1) is 6.35. The molecule has 0 unspecified atom stereocenters. The molecular weight excluding hydrogens is 160 g/mol. The Labute approximate surface area is 81.7 Å². The largest absolute Gasteiger partial charge is 0.311 e. The summed E-state index contributed by atoms with van der Waals surface area (Å²) < 4.78 is 0. The highest BCUT2D eigenvalue weighted by molar-refractivity contribution is 4.96. The Bertz CT molecular complexity index is 151. The van der Waals surface area contributed by atoms with E-state index in [0.29, 0.717) is 5.54 Å². The fourth-order valence-electron chi connectivity index (χ4n) is 2.82. The molecule has 2 saturated heterocycles. The van der Waals surface area contributed by atoms with Crippen LogP contribution in [0.5, 0.6) is 0 Å². The van der Waals surface area contributed by atoms with Gasteiger partial charge in [0.15, 0.2) is 0 Å². The average molecular weight is 182 g/mol. The van der Waals surface area contributed by atoms with E-state index in [-0.39, 0.29) is 0 Å². The molecule has 1 spiro atoms. The third kappa shape index (κ3) is 2.05. The fraction of sp³-hybridized carbons (Fsp3) is 1.00. The van der Waals surface area contributed by atoms with Gasteiger partial charge in [0.1, 0.15) is 0 Å². The molecule has 0 bridgehead atoms. The van der Waals surface area contributed by atoms with E-state index in [4.69, 9.17) is 0 Å². The summed E-state index contributed by atoms with van der Waals surface area (Å²) in [6.45, 7) is 7.48. The van der Waals surface area contributed by atoms with E-state index >= 15 is 0 Å². The predicted octanol–water partition coefficient (Wildman–Crippen LogP) is 1.61. The molecule has 2 heterocycles. The summed E-state index contributed by atoms with van der Waals surface area (Å²) in [6.07, 6.45) is 6.89. The number of nitrogens with one attached hydrogen (secondary N) is 1. The van der Waals surface area contributed by atoms with Crippen molar-refractivity contribution in [1.29, 1.82) is 0 Å². The predicted molar refractivity (Wildman–Crippen MR) is 55.9 cm³/mol. The number of rotatable bonds is 2. The number of piperidine rings is 1. The second-order valence-electron chi connectivity index (χ2n) is 4.65. The van der Waals surface area contributed by atoms with Crippen molar-refractivity contribution in [3.63, 3.8) is 0 Å². The van der Waals surface area contributed by atoms with E-state index in [9.17, 15) is 0 Å². The minimum absolute atomic E-state index is 0.560. The normalized spacial score (nSPS) is 28.4. The second kappa shape index (κ2) is 3.97. The second-order valence-corrected chi connectivity index (χ2v) is 4.65. The highest BCUT2D eigenvalue weighted by Gasteiger charge is 2.36. The van der Waals surface area contributed by atoms with Crippen LogP contribution < -0.4 is 5.32 Å². The third-order valence-electron chi connectivity index (χ3n) is 3.69. The van der Waals surface area contributed by atoms with Crippen LogP contribution in [0, 0.1) is 0 Å². The molecule has 2 heteroatoms. The van der Waals surface area contributed by atoms with Crippen molar-refractivity contribution in [2.45, 2.75) is 44.6 Å². The van der Waals surface area contributed by atoms with Crippen LogP contribution in [0.1, 0.15) is 39.0 Å². The van der Waals surface area contributed by atoms with Crippen LogP contribution in [0.2, 0.25) is 0 Å². The fourth-order valence-corrected chi connectivity index (χ4v) is 2.82. The minimum Gasteiger partial charge on any atom is -0.311 e. The lowest BCUT2D eigenvalue weighted by molar-refractivity contribution is 0.148. The average Bonchev–Trinajstić information content (AvgIpc) is 2.59. The molecule has 2 nitrogen and oxygen atoms in total. The van der Waals surface area contributed by atoms with E-state index in [1.807, 2.05) is 0 Å². The molecule has 2 aliphatic heterocycles. The van der Waals surface area contributed by atoms with Gasteiger partial charge < -0.3 is 10.2 Å². The molecule has 0 aromatic carbocycles. The summed E-state index contributed by atoms with van der Waals surface area (Å²) in [5, 5.41) is 3.71. The zero-order valence-electron chi connectivity index (χ0n) is 8.81. The molecule has 0 atom stereocenters. The molecule has 0 saturated carbocycles. The molecule has 0 aromatic heterocycles. The first kappa shape index (κ1) is 9.47. The molecule has 2 fully saturated rings. The highest BCUT2D eigenvalue weighted by atomic mass is 15.2. The van der Waals surface area contributed by atoms with Crippen molar-refractivity contribution in [3.05, 3.63) is 0 Å². The van der Waals surface area contributed by atoms with Gasteiger partial charge in [-0.05, 0) is 58.3 Å². The van der Waals surface area contributed by atoms with Crippen LogP contribution in [0.15, 0.2) is 0 Å². The molecule has 0 amide bonds. The Hall–Kier alpha value is -0.0800. The number of nitrogens with zero attached hydrogens (tertiary/aromatic N) is 1. The van der Waals surface area contributed by atoms with Crippen molar-refractivity contribution in [1.82, 2.24) is 10.2 Å². The summed E-state index contributed by atoms with van der Waals surface area (Å²) in [4.78, 5) is 2.62. The number of likely N-dealkylation sites (tertiary alicyclic amines) is 1. The van der Waals surface area contributed by atoms with Gasteiger partial charge in [-0.1, -0.05) is 6.92 Å². The molecule has 0 aliphatic carbocycles. The van der Waals surface area contributed by atoms with Crippen LogP contribution in [-0.2, 0) is 0 Å². The van der Waals surface area contributed by atoms with Crippen LogP contribution >= 0.6 is 0 Å². The molecule has 76 valence electrons. The summed E-state index contributed by atoms with van der Waals surface area (Å²) in [6, 6.07) is 0. The van der Waals surface area contributed by atoms with E-state index in [2.05, 4.69) is 17.1 Å². The van der Waals surface area contributed by atoms with Gasteiger partial charge in [-0.15, -0.1) is 0 Å².